The monoisotopic (exact) mass is 342 g/mol. The molecule has 0 spiro atoms. The van der Waals surface area contributed by atoms with Crippen molar-refractivity contribution in [2.75, 3.05) is 19.5 Å². The van der Waals surface area contributed by atoms with Crippen molar-refractivity contribution in [2.24, 2.45) is 7.05 Å². The highest BCUT2D eigenvalue weighted by molar-refractivity contribution is 7.99. The number of ether oxygens (including phenoxy) is 2. The second-order valence-electron chi connectivity index (χ2n) is 4.98. The lowest BCUT2D eigenvalue weighted by Gasteiger charge is -2.07. The Bertz CT molecular complexity index is 775. The van der Waals surface area contributed by atoms with Crippen molar-refractivity contribution in [1.82, 2.24) is 19.7 Å². The zero-order valence-electron chi connectivity index (χ0n) is 13.5. The Kier molecular flexibility index (Phi) is 5.32. The summed E-state index contributed by atoms with van der Waals surface area (Å²) in [6.45, 7) is 0.589. The predicted octanol–water partition coefficient (Wildman–Crippen LogP) is 3.06. The Labute approximate surface area is 144 Å². The first-order chi connectivity index (χ1) is 11.8. The quantitative estimate of drug-likeness (QED) is 0.486. The van der Waals surface area contributed by atoms with Crippen LogP contribution in [-0.2, 0) is 7.05 Å². The van der Waals surface area contributed by atoms with Crippen LogP contribution in [0.1, 0.15) is 0 Å². The number of benzene rings is 1. The Morgan fingerprint density at radius 3 is 2.58 bits per heavy atom. The van der Waals surface area contributed by atoms with E-state index in [9.17, 15) is 0 Å². The van der Waals surface area contributed by atoms with Gasteiger partial charge in [-0.3, -0.25) is 4.98 Å². The zero-order chi connectivity index (χ0) is 16.8. The van der Waals surface area contributed by atoms with Crippen molar-refractivity contribution < 1.29 is 9.47 Å². The van der Waals surface area contributed by atoms with E-state index in [2.05, 4.69) is 15.2 Å². The van der Waals surface area contributed by atoms with Crippen LogP contribution in [0.25, 0.3) is 11.4 Å². The van der Waals surface area contributed by atoms with Gasteiger partial charge in [0.15, 0.2) is 11.0 Å². The molecule has 3 aromatic rings. The summed E-state index contributed by atoms with van der Waals surface area (Å²) in [5, 5.41) is 9.33. The van der Waals surface area contributed by atoms with Crippen molar-refractivity contribution in [1.29, 1.82) is 0 Å². The van der Waals surface area contributed by atoms with Crippen LogP contribution in [0.2, 0.25) is 0 Å². The fourth-order valence-corrected chi connectivity index (χ4v) is 2.88. The summed E-state index contributed by atoms with van der Waals surface area (Å²) in [4.78, 5) is 4.12. The van der Waals surface area contributed by atoms with E-state index >= 15 is 0 Å². The molecule has 3 rings (SSSR count). The number of rotatable bonds is 7. The van der Waals surface area contributed by atoms with E-state index in [0.717, 1.165) is 33.8 Å². The maximum absolute atomic E-state index is 5.71. The van der Waals surface area contributed by atoms with Crippen LogP contribution in [0.3, 0.4) is 0 Å². The molecule has 0 unspecified atom stereocenters. The zero-order valence-corrected chi connectivity index (χ0v) is 14.4. The Morgan fingerprint density at radius 1 is 1.08 bits per heavy atom. The second kappa shape index (κ2) is 7.83. The third-order valence-electron chi connectivity index (χ3n) is 3.40. The van der Waals surface area contributed by atoms with E-state index in [1.54, 1.807) is 31.3 Å². The summed E-state index contributed by atoms with van der Waals surface area (Å²) in [5.41, 5.74) is 0.953. The minimum absolute atomic E-state index is 0.589. The minimum atomic E-state index is 0.589. The van der Waals surface area contributed by atoms with E-state index in [-0.39, 0.29) is 0 Å². The number of hydrogen-bond donors (Lipinski definition) is 0. The number of methoxy groups -OCH3 is 1. The molecule has 7 heteroatoms. The van der Waals surface area contributed by atoms with E-state index < -0.39 is 0 Å². The molecule has 0 aliphatic heterocycles. The van der Waals surface area contributed by atoms with E-state index in [1.807, 2.05) is 48.0 Å². The van der Waals surface area contributed by atoms with Gasteiger partial charge in [-0.1, -0.05) is 11.8 Å². The van der Waals surface area contributed by atoms with Crippen LogP contribution in [-0.4, -0.2) is 39.2 Å². The molecule has 0 saturated carbocycles. The molecule has 0 bridgehead atoms. The van der Waals surface area contributed by atoms with Crippen LogP contribution in [0.5, 0.6) is 11.5 Å². The molecule has 0 amide bonds. The normalized spacial score (nSPS) is 10.6. The van der Waals surface area contributed by atoms with Gasteiger partial charge in [0.1, 0.15) is 11.5 Å². The highest BCUT2D eigenvalue weighted by Gasteiger charge is 2.11. The average molecular weight is 342 g/mol. The molecule has 6 nitrogen and oxygen atoms in total. The maximum Gasteiger partial charge on any atom is 0.191 e. The average Bonchev–Trinajstić information content (AvgIpc) is 3.00. The first-order valence-electron chi connectivity index (χ1n) is 7.47. The van der Waals surface area contributed by atoms with Crippen molar-refractivity contribution in [3.63, 3.8) is 0 Å². The number of hydrogen-bond acceptors (Lipinski definition) is 6. The Hall–Kier alpha value is -2.54. The highest BCUT2D eigenvalue weighted by atomic mass is 32.2. The summed E-state index contributed by atoms with van der Waals surface area (Å²) in [7, 11) is 3.60. The highest BCUT2D eigenvalue weighted by Crippen LogP contribution is 2.22. The van der Waals surface area contributed by atoms with Gasteiger partial charge in [0.25, 0.3) is 0 Å². The second-order valence-corrected chi connectivity index (χ2v) is 6.04. The summed E-state index contributed by atoms with van der Waals surface area (Å²) in [6, 6.07) is 11.4. The van der Waals surface area contributed by atoms with Gasteiger partial charge in [0, 0.05) is 30.8 Å². The van der Waals surface area contributed by atoms with E-state index in [1.165, 1.54) is 0 Å². The Morgan fingerprint density at radius 2 is 1.88 bits per heavy atom. The van der Waals surface area contributed by atoms with Crippen LogP contribution in [0.4, 0.5) is 0 Å². The molecule has 0 N–H and O–H groups in total. The van der Waals surface area contributed by atoms with Crippen molar-refractivity contribution >= 4 is 11.8 Å². The molecule has 2 aromatic heterocycles. The van der Waals surface area contributed by atoms with Crippen molar-refractivity contribution in [3.05, 3.63) is 48.8 Å². The molecular weight excluding hydrogens is 324 g/mol. The molecule has 0 aliphatic carbocycles. The van der Waals surface area contributed by atoms with Gasteiger partial charge in [-0.25, -0.2) is 0 Å². The van der Waals surface area contributed by atoms with Gasteiger partial charge in [0.05, 0.1) is 13.7 Å². The third-order valence-corrected chi connectivity index (χ3v) is 4.38. The molecule has 0 atom stereocenters. The number of nitrogens with zero attached hydrogens (tertiary/aromatic N) is 4. The standard InChI is InChI=1S/C17H18N4O2S/c1-21-16(13-4-3-9-18-12-13)19-20-17(21)24-11-10-23-15-7-5-14(22-2)6-8-15/h3-9,12H,10-11H2,1-2H3. The molecule has 2 heterocycles. The molecular formula is C17H18N4O2S. The van der Waals surface area contributed by atoms with Crippen LogP contribution in [0.15, 0.2) is 53.9 Å². The van der Waals surface area contributed by atoms with Gasteiger partial charge in [-0.15, -0.1) is 10.2 Å². The lowest BCUT2D eigenvalue weighted by molar-refractivity contribution is 0.342. The topological polar surface area (TPSA) is 62.1 Å². The number of pyridine rings is 1. The summed E-state index contributed by atoms with van der Waals surface area (Å²) in [5.74, 6) is 3.23. The molecule has 0 fully saturated rings. The van der Waals surface area contributed by atoms with Crippen LogP contribution < -0.4 is 9.47 Å². The summed E-state index contributed by atoms with van der Waals surface area (Å²) >= 11 is 1.61. The summed E-state index contributed by atoms with van der Waals surface area (Å²) in [6.07, 6.45) is 3.53. The number of aromatic nitrogens is 4. The van der Waals surface area contributed by atoms with Crippen molar-refractivity contribution in [2.45, 2.75) is 5.16 Å². The maximum atomic E-state index is 5.71. The molecule has 0 aliphatic rings. The van der Waals surface area contributed by atoms with Crippen LogP contribution in [0, 0.1) is 0 Å². The van der Waals surface area contributed by atoms with Gasteiger partial charge in [-0.2, -0.15) is 0 Å². The van der Waals surface area contributed by atoms with Gasteiger partial charge in [-0.05, 0) is 36.4 Å². The van der Waals surface area contributed by atoms with E-state index in [4.69, 9.17) is 9.47 Å². The minimum Gasteiger partial charge on any atom is -0.497 e. The molecule has 24 heavy (non-hydrogen) atoms. The summed E-state index contributed by atoms with van der Waals surface area (Å²) < 4.78 is 12.8. The molecule has 0 radical (unpaired) electrons. The largest absolute Gasteiger partial charge is 0.497 e. The van der Waals surface area contributed by atoms with Gasteiger partial charge in [0.2, 0.25) is 0 Å². The smallest absolute Gasteiger partial charge is 0.191 e. The molecule has 0 saturated heterocycles. The lowest BCUT2D eigenvalue weighted by Crippen LogP contribution is -2.02. The SMILES string of the molecule is COc1ccc(OCCSc2nnc(-c3cccnc3)n2C)cc1. The molecule has 1 aromatic carbocycles. The Balaban J connectivity index is 1.53. The van der Waals surface area contributed by atoms with Crippen molar-refractivity contribution in [3.8, 4) is 22.9 Å². The lowest BCUT2D eigenvalue weighted by atomic mass is 10.3. The first-order valence-corrected chi connectivity index (χ1v) is 8.46. The van der Waals surface area contributed by atoms with Gasteiger partial charge < -0.3 is 14.0 Å². The first kappa shape index (κ1) is 16.3. The van der Waals surface area contributed by atoms with E-state index in [0.29, 0.717) is 6.61 Å². The molecule has 124 valence electrons. The van der Waals surface area contributed by atoms with Crippen LogP contribution >= 0.6 is 11.8 Å². The van der Waals surface area contributed by atoms with Gasteiger partial charge >= 0.3 is 0 Å². The third kappa shape index (κ3) is 3.86. The predicted molar refractivity (Wildman–Crippen MR) is 93.4 cm³/mol. The number of thioether (sulfide) groups is 1. The fraction of sp³-hybridized carbons (Fsp3) is 0.235. The fourth-order valence-electron chi connectivity index (χ4n) is 2.15.